The third-order valence-electron chi connectivity index (χ3n) is 3.39. The Hall–Kier alpha value is -2.25. The van der Waals surface area contributed by atoms with Crippen LogP contribution in [0.25, 0.3) is 5.69 Å². The lowest BCUT2D eigenvalue weighted by atomic mass is 10.2. The van der Waals surface area contributed by atoms with Crippen LogP contribution in [0, 0.1) is 6.92 Å². The summed E-state index contributed by atoms with van der Waals surface area (Å²) in [5, 5.41) is 8.46. The van der Waals surface area contributed by atoms with Crippen molar-refractivity contribution < 1.29 is 4.79 Å². The molecule has 0 saturated carbocycles. The fraction of sp³-hybridized carbons (Fsp3) is 0.250. The molecule has 1 N–H and O–H groups in total. The van der Waals surface area contributed by atoms with Crippen molar-refractivity contribution >= 4 is 34.5 Å². The van der Waals surface area contributed by atoms with Crippen LogP contribution in [0.2, 0.25) is 5.02 Å². The second-order valence-corrected chi connectivity index (χ2v) is 6.69. The number of aryl methyl sites for hydroxylation is 2. The number of nitrogens with one attached hydrogen (secondary N) is 1. The van der Waals surface area contributed by atoms with Crippen molar-refractivity contribution in [1.29, 1.82) is 0 Å². The minimum Gasteiger partial charge on any atom is -0.319 e. The van der Waals surface area contributed by atoms with Gasteiger partial charge in [0.15, 0.2) is 0 Å². The van der Waals surface area contributed by atoms with Crippen LogP contribution < -0.4 is 5.32 Å². The molecular weight excluding hydrogens is 346 g/mol. The second-order valence-electron chi connectivity index (χ2n) is 5.20. The molecule has 1 amide bonds. The maximum Gasteiger partial charge on any atom is 0.267 e. The Bertz CT molecular complexity index is 859. The number of nitrogens with zero attached hydrogens (tertiary/aromatic N) is 4. The summed E-state index contributed by atoms with van der Waals surface area (Å²) >= 11 is 7.71. The van der Waals surface area contributed by atoms with Gasteiger partial charge in [-0.05, 0) is 31.9 Å². The molecule has 0 aliphatic carbocycles. The molecule has 3 rings (SSSR count). The lowest BCUT2D eigenvalue weighted by Crippen LogP contribution is -2.14. The fourth-order valence-electron chi connectivity index (χ4n) is 2.34. The van der Waals surface area contributed by atoms with E-state index in [2.05, 4.69) is 27.3 Å². The van der Waals surface area contributed by atoms with E-state index in [0.29, 0.717) is 21.3 Å². The van der Waals surface area contributed by atoms with Crippen LogP contribution in [0.3, 0.4) is 0 Å². The summed E-state index contributed by atoms with van der Waals surface area (Å²) in [5.41, 5.74) is 1.90. The number of amides is 1. The molecule has 0 aliphatic rings. The third-order valence-corrected chi connectivity index (χ3v) is 4.91. The van der Waals surface area contributed by atoms with Crippen molar-refractivity contribution in [3.63, 3.8) is 0 Å². The highest BCUT2D eigenvalue weighted by molar-refractivity contribution is 7.13. The Balaban J connectivity index is 1.92. The minimum absolute atomic E-state index is 0.198. The predicted molar refractivity (Wildman–Crippen MR) is 95.2 cm³/mol. The third kappa shape index (κ3) is 3.32. The highest BCUT2D eigenvalue weighted by atomic mass is 35.5. The molecule has 0 saturated heterocycles. The van der Waals surface area contributed by atoms with Gasteiger partial charge in [-0.3, -0.25) is 4.79 Å². The first-order valence-corrected chi connectivity index (χ1v) is 8.70. The molecule has 8 heteroatoms. The van der Waals surface area contributed by atoms with Crippen LogP contribution in [0.1, 0.15) is 33.7 Å². The van der Waals surface area contributed by atoms with Gasteiger partial charge in [0, 0.05) is 0 Å². The largest absolute Gasteiger partial charge is 0.319 e. The van der Waals surface area contributed by atoms with E-state index in [4.69, 9.17) is 11.6 Å². The van der Waals surface area contributed by atoms with E-state index in [0.717, 1.165) is 23.5 Å². The van der Waals surface area contributed by atoms with Crippen LogP contribution >= 0.6 is 22.9 Å². The topological polar surface area (TPSA) is 72.7 Å². The van der Waals surface area contributed by atoms with Crippen LogP contribution in [-0.2, 0) is 6.42 Å². The predicted octanol–water partition coefficient (Wildman–Crippen LogP) is 3.89. The summed E-state index contributed by atoms with van der Waals surface area (Å²) in [6.07, 6.45) is 4.83. The maximum atomic E-state index is 12.7. The number of rotatable bonds is 5. The van der Waals surface area contributed by atoms with Gasteiger partial charge >= 0.3 is 0 Å². The smallest absolute Gasteiger partial charge is 0.267 e. The molecule has 3 aromatic rings. The summed E-state index contributed by atoms with van der Waals surface area (Å²) in [6.45, 7) is 3.94. The van der Waals surface area contributed by atoms with Gasteiger partial charge in [-0.25, -0.2) is 14.6 Å². The fourth-order valence-corrected chi connectivity index (χ4v) is 3.66. The number of para-hydroxylation sites is 1. The van der Waals surface area contributed by atoms with Crippen molar-refractivity contribution in [2.75, 3.05) is 5.32 Å². The number of anilines is 1. The zero-order chi connectivity index (χ0) is 17.1. The van der Waals surface area contributed by atoms with Crippen molar-refractivity contribution in [3.05, 3.63) is 51.5 Å². The summed E-state index contributed by atoms with van der Waals surface area (Å²) in [5.74, 6) is -0.198. The highest BCUT2D eigenvalue weighted by Crippen LogP contribution is 2.29. The number of hydrogen-bond donors (Lipinski definition) is 1. The van der Waals surface area contributed by atoms with Crippen molar-refractivity contribution in [2.24, 2.45) is 0 Å². The van der Waals surface area contributed by atoms with Gasteiger partial charge in [0.2, 0.25) is 0 Å². The van der Waals surface area contributed by atoms with Gasteiger partial charge in [0.05, 0.1) is 21.4 Å². The summed E-state index contributed by atoms with van der Waals surface area (Å²) < 4.78 is 1.53. The Morgan fingerprint density at radius 3 is 2.96 bits per heavy atom. The Morgan fingerprint density at radius 2 is 2.25 bits per heavy atom. The molecule has 1 aromatic carbocycles. The number of thiazole rings is 1. The van der Waals surface area contributed by atoms with Crippen molar-refractivity contribution in [1.82, 2.24) is 19.7 Å². The normalized spacial score (nSPS) is 10.8. The van der Waals surface area contributed by atoms with E-state index < -0.39 is 0 Å². The average molecular weight is 362 g/mol. The number of carbonyl (C=O) groups is 1. The van der Waals surface area contributed by atoms with Crippen molar-refractivity contribution in [2.45, 2.75) is 26.7 Å². The van der Waals surface area contributed by atoms with Crippen LogP contribution in [-0.4, -0.2) is 25.7 Å². The number of benzene rings is 1. The zero-order valence-electron chi connectivity index (χ0n) is 13.3. The van der Waals surface area contributed by atoms with Gasteiger partial charge < -0.3 is 5.32 Å². The van der Waals surface area contributed by atoms with Crippen LogP contribution in [0.15, 0.2) is 30.9 Å². The van der Waals surface area contributed by atoms with Crippen molar-refractivity contribution in [3.8, 4) is 5.69 Å². The Morgan fingerprint density at radius 1 is 1.42 bits per heavy atom. The second kappa shape index (κ2) is 7.11. The molecule has 0 spiro atoms. The van der Waals surface area contributed by atoms with Gasteiger partial charge in [-0.15, -0.1) is 11.3 Å². The van der Waals surface area contributed by atoms with Gasteiger partial charge in [-0.2, -0.15) is 5.10 Å². The van der Waals surface area contributed by atoms with E-state index in [1.807, 2.05) is 6.92 Å². The quantitative estimate of drug-likeness (QED) is 0.748. The maximum absolute atomic E-state index is 12.7. The number of carbonyl (C=O) groups excluding carboxylic acids is 1. The van der Waals surface area contributed by atoms with E-state index in [1.165, 1.54) is 28.7 Å². The lowest BCUT2D eigenvalue weighted by Gasteiger charge is -2.11. The zero-order valence-corrected chi connectivity index (χ0v) is 14.9. The molecular formula is C16H16ClN5OS. The Kier molecular flexibility index (Phi) is 4.92. The molecule has 0 radical (unpaired) electrons. The van der Waals surface area contributed by atoms with Crippen LogP contribution in [0.5, 0.6) is 0 Å². The van der Waals surface area contributed by atoms with Crippen LogP contribution in [0.4, 0.5) is 5.69 Å². The molecule has 2 aromatic heterocycles. The number of halogens is 1. The molecule has 0 bridgehead atoms. The average Bonchev–Trinajstić information content (AvgIpc) is 3.17. The van der Waals surface area contributed by atoms with Gasteiger partial charge in [0.1, 0.15) is 23.2 Å². The summed E-state index contributed by atoms with van der Waals surface area (Å²) in [4.78, 5) is 21.7. The van der Waals surface area contributed by atoms with Gasteiger partial charge in [0.25, 0.3) is 5.91 Å². The number of hydrogen-bond acceptors (Lipinski definition) is 5. The molecule has 2 heterocycles. The van der Waals surface area contributed by atoms with Gasteiger partial charge in [-0.1, -0.05) is 24.6 Å². The first kappa shape index (κ1) is 16.6. The van der Waals surface area contributed by atoms with E-state index >= 15 is 0 Å². The SMILES string of the molecule is CCCc1nc(C)c(C(=O)Nc2cccc(Cl)c2-n2cncn2)s1. The monoisotopic (exact) mass is 361 g/mol. The molecule has 0 atom stereocenters. The number of aromatic nitrogens is 4. The minimum atomic E-state index is -0.198. The first-order valence-electron chi connectivity index (χ1n) is 7.51. The first-order chi connectivity index (χ1) is 11.6. The Labute approximate surface area is 148 Å². The lowest BCUT2D eigenvalue weighted by molar-refractivity contribution is 0.103. The molecule has 0 fully saturated rings. The van der Waals surface area contributed by atoms with E-state index in [1.54, 1.807) is 18.2 Å². The summed E-state index contributed by atoms with van der Waals surface area (Å²) in [7, 11) is 0. The summed E-state index contributed by atoms with van der Waals surface area (Å²) in [6, 6.07) is 5.30. The van der Waals surface area contributed by atoms with E-state index in [9.17, 15) is 4.79 Å². The molecule has 0 aliphatic heterocycles. The van der Waals surface area contributed by atoms with E-state index in [-0.39, 0.29) is 5.91 Å². The standard InChI is InChI=1S/C16H16ClN5OS/c1-3-5-13-20-10(2)15(24-13)16(23)21-12-7-4-6-11(17)14(12)22-9-18-8-19-22/h4,6-9H,3,5H2,1-2H3,(H,21,23). The molecule has 0 unspecified atom stereocenters. The molecule has 6 nitrogen and oxygen atoms in total. The molecule has 24 heavy (non-hydrogen) atoms. The molecule has 124 valence electrons. The highest BCUT2D eigenvalue weighted by Gasteiger charge is 2.18.